The van der Waals surface area contributed by atoms with Crippen molar-refractivity contribution in [3.8, 4) is 11.5 Å². The molecule has 0 fully saturated rings. The van der Waals surface area contributed by atoms with E-state index >= 15 is 0 Å². The van der Waals surface area contributed by atoms with Crippen molar-refractivity contribution in [3.05, 3.63) is 74.9 Å². The molecular weight excluding hydrogens is 478 g/mol. The van der Waals surface area contributed by atoms with Crippen molar-refractivity contribution in [2.75, 3.05) is 19.8 Å². The Bertz CT molecular complexity index is 1230. The van der Waals surface area contributed by atoms with Crippen LogP contribution in [0.25, 0.3) is 5.70 Å². The van der Waals surface area contributed by atoms with Crippen LogP contribution in [0.4, 0.5) is 0 Å². The lowest BCUT2D eigenvalue weighted by molar-refractivity contribution is -0.118. The van der Waals surface area contributed by atoms with E-state index in [0.717, 1.165) is 52.9 Å². The fourth-order valence-electron chi connectivity index (χ4n) is 5.75. The van der Waals surface area contributed by atoms with E-state index < -0.39 is 0 Å². The third kappa shape index (κ3) is 3.61. The summed E-state index contributed by atoms with van der Waals surface area (Å²) in [6, 6.07) is 12.7. The number of carbonyl (C=O) groups is 1. The van der Waals surface area contributed by atoms with Gasteiger partial charge in [-0.25, -0.2) is 0 Å². The molecule has 0 saturated carbocycles. The summed E-state index contributed by atoms with van der Waals surface area (Å²) < 4.78 is 13.0. The van der Waals surface area contributed by atoms with E-state index in [2.05, 4.69) is 71.1 Å². The van der Waals surface area contributed by atoms with Gasteiger partial charge in [-0.15, -0.1) is 0 Å². The molecule has 33 heavy (non-hydrogen) atoms. The lowest BCUT2D eigenvalue weighted by atomic mass is 9.69. The Morgan fingerprint density at radius 2 is 1.85 bits per heavy atom. The second kappa shape index (κ2) is 7.76. The fourth-order valence-corrected chi connectivity index (χ4v) is 6.17. The van der Waals surface area contributed by atoms with Crippen molar-refractivity contribution < 1.29 is 14.3 Å². The topological polar surface area (TPSA) is 38.8 Å². The third-order valence-electron chi connectivity index (χ3n) is 7.21. The van der Waals surface area contributed by atoms with E-state index in [0.29, 0.717) is 19.6 Å². The molecule has 2 aromatic rings. The maximum absolute atomic E-state index is 13.5. The first-order valence-corrected chi connectivity index (χ1v) is 12.6. The number of fused-ring (bicyclic) bond motifs is 5. The van der Waals surface area contributed by atoms with Crippen LogP contribution in [0.5, 0.6) is 11.5 Å². The van der Waals surface area contributed by atoms with E-state index in [1.165, 1.54) is 22.5 Å². The monoisotopic (exact) mass is 505 g/mol. The summed E-state index contributed by atoms with van der Waals surface area (Å²) >= 11 is 3.63. The predicted octanol–water partition coefficient (Wildman–Crippen LogP) is 6.25. The van der Waals surface area contributed by atoms with Crippen molar-refractivity contribution in [2.45, 2.75) is 45.4 Å². The van der Waals surface area contributed by atoms with E-state index in [9.17, 15) is 4.79 Å². The molecule has 4 nitrogen and oxygen atoms in total. The molecule has 170 valence electrons. The summed E-state index contributed by atoms with van der Waals surface area (Å²) in [4.78, 5) is 15.9. The average molecular weight is 506 g/mol. The lowest BCUT2D eigenvalue weighted by Gasteiger charge is -2.46. The second-order valence-electron chi connectivity index (χ2n) is 10.3. The van der Waals surface area contributed by atoms with Crippen molar-refractivity contribution >= 4 is 27.4 Å². The first kappa shape index (κ1) is 21.0. The summed E-state index contributed by atoms with van der Waals surface area (Å²) in [5.74, 6) is 1.92. The van der Waals surface area contributed by atoms with Crippen LogP contribution < -0.4 is 9.47 Å². The number of benzene rings is 2. The van der Waals surface area contributed by atoms with Crippen molar-refractivity contribution in [2.24, 2.45) is 5.41 Å². The minimum atomic E-state index is -0.0470. The van der Waals surface area contributed by atoms with Crippen molar-refractivity contribution in [3.63, 3.8) is 0 Å². The Morgan fingerprint density at radius 3 is 2.64 bits per heavy atom. The highest BCUT2D eigenvalue weighted by Gasteiger charge is 2.42. The summed E-state index contributed by atoms with van der Waals surface area (Å²) in [7, 11) is 0. The van der Waals surface area contributed by atoms with Crippen molar-refractivity contribution in [1.29, 1.82) is 0 Å². The molecular formula is C28H28BrNO3. The number of allylic oxidation sites excluding steroid dienone is 3. The molecule has 0 radical (unpaired) electrons. The quantitative estimate of drug-likeness (QED) is 0.459. The van der Waals surface area contributed by atoms with Crippen LogP contribution in [0.3, 0.4) is 0 Å². The Hall–Kier alpha value is -2.53. The van der Waals surface area contributed by atoms with Gasteiger partial charge >= 0.3 is 0 Å². The van der Waals surface area contributed by atoms with Gasteiger partial charge in [0.15, 0.2) is 17.3 Å². The number of ketones is 1. The normalized spacial score (nSPS) is 23.2. The molecule has 3 heterocycles. The summed E-state index contributed by atoms with van der Waals surface area (Å²) in [6.07, 6.45) is 5.64. The zero-order chi connectivity index (χ0) is 22.7. The third-order valence-corrected chi connectivity index (χ3v) is 7.70. The highest BCUT2D eigenvalue weighted by Crippen LogP contribution is 2.51. The summed E-state index contributed by atoms with van der Waals surface area (Å²) in [6.45, 7) is 6.67. The number of nitrogens with zero attached hydrogens (tertiary/aromatic N) is 1. The number of rotatable bonds is 1. The van der Waals surface area contributed by atoms with Crippen LogP contribution in [0.15, 0.2) is 58.2 Å². The predicted molar refractivity (Wildman–Crippen MR) is 132 cm³/mol. The van der Waals surface area contributed by atoms with Crippen LogP contribution in [0, 0.1) is 5.41 Å². The van der Waals surface area contributed by atoms with Gasteiger partial charge < -0.3 is 14.4 Å². The molecule has 0 saturated heterocycles. The first-order valence-electron chi connectivity index (χ1n) is 11.8. The molecule has 5 heteroatoms. The van der Waals surface area contributed by atoms with Gasteiger partial charge in [0.05, 0.1) is 13.2 Å². The largest absolute Gasteiger partial charge is 0.490 e. The van der Waals surface area contributed by atoms with E-state index in [1.807, 2.05) is 6.07 Å². The molecule has 1 atom stereocenters. The molecule has 6 rings (SSSR count). The SMILES string of the molecule is CC1(C)CC(=O)C2=C(C1)N1CCc3cc4c(cc3C1=C[C@@H]2c1cccc(Br)c1)OCCCO4. The molecule has 0 aromatic heterocycles. The van der Waals surface area contributed by atoms with Crippen molar-refractivity contribution in [1.82, 2.24) is 4.90 Å². The van der Waals surface area contributed by atoms with Gasteiger partial charge in [-0.3, -0.25) is 4.79 Å². The van der Waals surface area contributed by atoms with Gasteiger partial charge in [-0.05, 0) is 59.7 Å². The standard InChI is InChI=1S/C28H28BrNO3/c1-28(2)15-23-27(24(31)16-28)21(17-5-3-6-19(29)11-17)13-22-20-14-26-25(32-9-4-10-33-26)12-18(20)7-8-30(22)23/h3,5-6,11-14,21H,4,7-10,15-16H2,1-2H3/t21-/m1/s1. The number of hydrogen-bond acceptors (Lipinski definition) is 4. The van der Waals surface area contributed by atoms with E-state index in [4.69, 9.17) is 9.47 Å². The minimum absolute atomic E-state index is 0.0365. The van der Waals surface area contributed by atoms with Crippen LogP contribution in [-0.4, -0.2) is 30.4 Å². The molecule has 0 N–H and O–H groups in total. The minimum Gasteiger partial charge on any atom is -0.490 e. The molecule has 2 aromatic carbocycles. The van der Waals surface area contributed by atoms with Crippen LogP contribution in [0.1, 0.15) is 55.7 Å². The maximum atomic E-state index is 13.5. The maximum Gasteiger partial charge on any atom is 0.162 e. The van der Waals surface area contributed by atoms with Crippen LogP contribution in [0.2, 0.25) is 0 Å². The number of Topliss-reactive ketones (excluding diaryl/α,β-unsaturated/α-hetero) is 1. The van der Waals surface area contributed by atoms with Crippen LogP contribution in [-0.2, 0) is 11.2 Å². The zero-order valence-electron chi connectivity index (χ0n) is 19.1. The van der Waals surface area contributed by atoms with E-state index in [-0.39, 0.29) is 17.1 Å². The number of halogens is 1. The average Bonchev–Trinajstić information content (AvgIpc) is 3.01. The van der Waals surface area contributed by atoms with Gasteiger partial charge in [0.2, 0.25) is 0 Å². The Kier molecular flexibility index (Phi) is 4.95. The molecule has 1 aliphatic carbocycles. The fraction of sp³-hybridized carbons (Fsp3) is 0.393. The lowest BCUT2D eigenvalue weighted by Crippen LogP contribution is -2.40. The van der Waals surface area contributed by atoms with Crippen LogP contribution >= 0.6 is 15.9 Å². The summed E-state index contributed by atoms with van der Waals surface area (Å²) in [5, 5.41) is 0. The van der Waals surface area contributed by atoms with Gasteiger partial charge in [-0.2, -0.15) is 0 Å². The Labute approximate surface area is 203 Å². The molecule has 0 unspecified atom stereocenters. The Morgan fingerprint density at radius 1 is 1.06 bits per heavy atom. The number of ether oxygens (including phenoxy) is 2. The highest BCUT2D eigenvalue weighted by molar-refractivity contribution is 9.10. The molecule has 3 aliphatic heterocycles. The summed E-state index contributed by atoms with van der Waals surface area (Å²) in [5.41, 5.74) is 6.99. The number of carbonyl (C=O) groups excluding carboxylic acids is 1. The zero-order valence-corrected chi connectivity index (χ0v) is 20.7. The van der Waals surface area contributed by atoms with Gasteiger partial charge in [0.25, 0.3) is 0 Å². The highest BCUT2D eigenvalue weighted by atomic mass is 79.9. The first-order chi connectivity index (χ1) is 15.9. The number of hydrogen-bond donors (Lipinski definition) is 0. The van der Waals surface area contributed by atoms with Gasteiger partial charge in [0, 0.05) is 52.3 Å². The Balaban J connectivity index is 1.53. The molecule has 0 amide bonds. The smallest absolute Gasteiger partial charge is 0.162 e. The molecule has 0 spiro atoms. The molecule has 0 bridgehead atoms. The van der Waals surface area contributed by atoms with E-state index in [1.54, 1.807) is 0 Å². The molecule has 4 aliphatic rings. The van der Waals surface area contributed by atoms with Gasteiger partial charge in [-0.1, -0.05) is 41.9 Å². The van der Waals surface area contributed by atoms with Gasteiger partial charge in [0.1, 0.15) is 0 Å². The second-order valence-corrected chi connectivity index (χ2v) is 11.2.